The molecular weight excluding hydrogens is 337 g/mol. The van der Waals surface area contributed by atoms with E-state index < -0.39 is 17.5 Å². The molecule has 0 aromatic heterocycles. The minimum Gasteiger partial charge on any atom is -0.384 e. The highest BCUT2D eigenvalue weighted by molar-refractivity contribution is 7.99. The lowest BCUT2D eigenvalue weighted by Gasteiger charge is -2.37. The van der Waals surface area contributed by atoms with E-state index >= 15 is 0 Å². The van der Waals surface area contributed by atoms with Crippen molar-refractivity contribution in [3.05, 3.63) is 35.1 Å². The summed E-state index contributed by atoms with van der Waals surface area (Å²) in [6, 6.07) is 2.29. The first-order chi connectivity index (χ1) is 11.6. The highest BCUT2D eigenvalue weighted by atomic mass is 32.2. The Labute approximate surface area is 145 Å². The lowest BCUT2D eigenvalue weighted by atomic mass is 9.79. The molecule has 6 heteroatoms. The Morgan fingerprint density at radius 1 is 1.12 bits per heavy atom. The third-order valence-electron chi connectivity index (χ3n) is 5.03. The Morgan fingerprint density at radius 2 is 1.79 bits per heavy atom. The van der Waals surface area contributed by atoms with Gasteiger partial charge in [-0.05, 0) is 55.2 Å². The molecule has 1 aromatic rings. The van der Waals surface area contributed by atoms with Crippen LogP contribution >= 0.6 is 11.8 Å². The van der Waals surface area contributed by atoms with Crippen LogP contribution in [0.3, 0.4) is 0 Å². The molecule has 1 aliphatic heterocycles. The molecule has 0 radical (unpaired) electrons. The summed E-state index contributed by atoms with van der Waals surface area (Å²) < 4.78 is 51.1. The molecule has 0 spiro atoms. The van der Waals surface area contributed by atoms with Gasteiger partial charge in [-0.15, -0.1) is 11.8 Å². The number of thioether (sulfide) groups is 1. The minimum absolute atomic E-state index is 0.0979. The van der Waals surface area contributed by atoms with Gasteiger partial charge in [0.15, 0.2) is 17.5 Å². The number of ether oxygens (including phenoxy) is 2. The van der Waals surface area contributed by atoms with Gasteiger partial charge in [0.1, 0.15) is 5.44 Å². The third kappa shape index (κ3) is 4.09. The second-order valence-electron chi connectivity index (χ2n) is 6.77. The maximum Gasteiger partial charge on any atom is 0.194 e. The van der Waals surface area contributed by atoms with Crippen LogP contribution in [0, 0.1) is 29.3 Å². The normalized spacial score (nSPS) is 31.2. The van der Waals surface area contributed by atoms with Crippen LogP contribution in [0.25, 0.3) is 0 Å². The van der Waals surface area contributed by atoms with Crippen molar-refractivity contribution < 1.29 is 22.6 Å². The van der Waals surface area contributed by atoms with E-state index in [1.165, 1.54) is 0 Å². The van der Waals surface area contributed by atoms with Crippen molar-refractivity contribution in [2.45, 2.75) is 37.0 Å². The lowest BCUT2D eigenvalue weighted by Crippen LogP contribution is -2.34. The van der Waals surface area contributed by atoms with Gasteiger partial charge in [0.05, 0.1) is 13.2 Å². The maximum absolute atomic E-state index is 13.4. The molecular formula is C18H23F3O2S. The fourth-order valence-corrected chi connectivity index (χ4v) is 5.07. The molecule has 134 valence electrons. The van der Waals surface area contributed by atoms with E-state index in [9.17, 15) is 13.2 Å². The first-order valence-corrected chi connectivity index (χ1v) is 9.50. The average molecular weight is 360 g/mol. The van der Waals surface area contributed by atoms with Gasteiger partial charge in [-0.2, -0.15) is 0 Å². The van der Waals surface area contributed by atoms with Gasteiger partial charge in [-0.1, -0.05) is 0 Å². The number of methoxy groups -OCH3 is 1. The monoisotopic (exact) mass is 360 g/mol. The molecule has 0 amide bonds. The fraction of sp³-hybridized carbons (Fsp3) is 0.667. The van der Waals surface area contributed by atoms with E-state index in [1.54, 1.807) is 7.11 Å². The number of hydrogen-bond donors (Lipinski definition) is 0. The Hall–Kier alpha value is -0.720. The first kappa shape index (κ1) is 18.1. The van der Waals surface area contributed by atoms with E-state index in [-0.39, 0.29) is 11.4 Å². The van der Waals surface area contributed by atoms with Crippen LogP contribution in [0.1, 0.15) is 37.2 Å². The van der Waals surface area contributed by atoms with Crippen molar-refractivity contribution >= 4 is 11.8 Å². The molecule has 3 rings (SSSR count). The molecule has 0 N–H and O–H groups in total. The first-order valence-electron chi connectivity index (χ1n) is 8.45. The molecule has 2 aliphatic rings. The van der Waals surface area contributed by atoms with Crippen molar-refractivity contribution in [3.63, 3.8) is 0 Å². The van der Waals surface area contributed by atoms with Crippen LogP contribution in [0.5, 0.6) is 0 Å². The number of hydrogen-bond acceptors (Lipinski definition) is 3. The summed E-state index contributed by atoms with van der Waals surface area (Å²) in [4.78, 5) is 0. The Bertz CT molecular complexity index is 530. The predicted octanol–water partition coefficient (Wildman–Crippen LogP) is 4.73. The zero-order chi connectivity index (χ0) is 17.1. The molecule has 24 heavy (non-hydrogen) atoms. The lowest BCUT2D eigenvalue weighted by molar-refractivity contribution is 0.0117. The number of benzene rings is 1. The Balaban J connectivity index is 1.53. The second kappa shape index (κ2) is 8.11. The van der Waals surface area contributed by atoms with E-state index in [0.29, 0.717) is 17.4 Å². The van der Waals surface area contributed by atoms with Crippen LogP contribution in [0.2, 0.25) is 0 Å². The SMILES string of the molecule is COCC1COC(C2CCC(c3cc(F)c(F)c(F)c3)CC2)SC1. The van der Waals surface area contributed by atoms with Crippen molar-refractivity contribution in [2.75, 3.05) is 26.1 Å². The predicted molar refractivity (Wildman–Crippen MR) is 88.6 cm³/mol. The minimum atomic E-state index is -1.38. The molecule has 1 saturated heterocycles. The van der Waals surface area contributed by atoms with E-state index in [4.69, 9.17) is 9.47 Å². The van der Waals surface area contributed by atoms with Gasteiger partial charge >= 0.3 is 0 Å². The van der Waals surface area contributed by atoms with E-state index in [1.807, 2.05) is 11.8 Å². The molecule has 2 nitrogen and oxygen atoms in total. The zero-order valence-electron chi connectivity index (χ0n) is 13.8. The van der Waals surface area contributed by atoms with Crippen LogP contribution in [-0.2, 0) is 9.47 Å². The molecule has 2 unspecified atom stereocenters. The second-order valence-corrected chi connectivity index (χ2v) is 7.90. The zero-order valence-corrected chi connectivity index (χ0v) is 14.6. The summed E-state index contributed by atoms with van der Waals surface area (Å²) in [6.07, 6.45) is 3.66. The molecule has 1 aromatic carbocycles. The molecule has 2 fully saturated rings. The number of halogens is 3. The van der Waals surface area contributed by atoms with Crippen LogP contribution in [-0.4, -0.2) is 31.5 Å². The van der Waals surface area contributed by atoms with Gasteiger partial charge in [0, 0.05) is 18.8 Å². The molecule has 1 saturated carbocycles. The Morgan fingerprint density at radius 3 is 2.33 bits per heavy atom. The van der Waals surface area contributed by atoms with Gasteiger partial charge in [0.25, 0.3) is 0 Å². The summed E-state index contributed by atoms with van der Waals surface area (Å²) in [5.74, 6) is -1.49. The van der Waals surface area contributed by atoms with Gasteiger partial charge in [-0.25, -0.2) is 13.2 Å². The maximum atomic E-state index is 13.4. The van der Waals surface area contributed by atoms with Gasteiger partial charge < -0.3 is 9.47 Å². The molecule has 0 bridgehead atoms. The highest BCUT2D eigenvalue weighted by Crippen LogP contribution is 2.42. The quantitative estimate of drug-likeness (QED) is 0.723. The third-order valence-corrected chi connectivity index (χ3v) is 6.54. The Kier molecular flexibility index (Phi) is 6.11. The van der Waals surface area contributed by atoms with Gasteiger partial charge in [0.2, 0.25) is 0 Å². The fourth-order valence-electron chi connectivity index (χ4n) is 3.70. The number of rotatable bonds is 4. The van der Waals surface area contributed by atoms with Crippen LogP contribution < -0.4 is 0 Å². The summed E-state index contributed by atoms with van der Waals surface area (Å²) in [5.41, 5.74) is 0.781. The van der Waals surface area contributed by atoms with Gasteiger partial charge in [-0.3, -0.25) is 0 Å². The van der Waals surface area contributed by atoms with E-state index in [2.05, 4.69) is 0 Å². The standard InChI is InChI=1S/C18H23F3O2S/c1-22-8-11-9-23-18(24-10-11)13-4-2-12(3-5-13)14-6-15(19)17(21)16(20)7-14/h6-7,11-13,18H,2-5,8-10H2,1H3. The van der Waals surface area contributed by atoms with Crippen molar-refractivity contribution in [3.8, 4) is 0 Å². The van der Waals surface area contributed by atoms with E-state index in [0.717, 1.165) is 56.8 Å². The summed E-state index contributed by atoms with van der Waals surface area (Å²) >= 11 is 1.85. The van der Waals surface area contributed by atoms with Crippen LogP contribution in [0.15, 0.2) is 12.1 Å². The largest absolute Gasteiger partial charge is 0.384 e. The summed E-state index contributed by atoms with van der Waals surface area (Å²) in [6.45, 7) is 1.47. The van der Waals surface area contributed by atoms with Crippen LogP contribution in [0.4, 0.5) is 13.2 Å². The molecule has 1 heterocycles. The average Bonchev–Trinajstić information content (AvgIpc) is 2.60. The highest BCUT2D eigenvalue weighted by Gasteiger charge is 2.33. The smallest absolute Gasteiger partial charge is 0.194 e. The van der Waals surface area contributed by atoms with Crippen molar-refractivity contribution in [1.29, 1.82) is 0 Å². The van der Waals surface area contributed by atoms with Crippen molar-refractivity contribution in [2.24, 2.45) is 11.8 Å². The topological polar surface area (TPSA) is 18.5 Å². The molecule has 2 atom stereocenters. The summed E-state index contributed by atoms with van der Waals surface area (Å²) in [5, 5.41) is 0. The summed E-state index contributed by atoms with van der Waals surface area (Å²) in [7, 11) is 1.71. The van der Waals surface area contributed by atoms with Crippen molar-refractivity contribution in [1.82, 2.24) is 0 Å². The molecule has 1 aliphatic carbocycles.